The van der Waals surface area contributed by atoms with Gasteiger partial charge in [0.25, 0.3) is 0 Å². The first-order valence-electron chi connectivity index (χ1n) is 20.7. The predicted octanol–water partition coefficient (Wildman–Crippen LogP) is 17.2. The molecule has 0 saturated carbocycles. The smallest absolute Gasteiger partial charge is 0.143 e. The Kier molecular flexibility index (Phi) is 8.39. The highest BCUT2D eigenvalue weighted by Gasteiger charge is 2.18. The molecule has 2 nitrogen and oxygen atoms in total. The molecule has 0 fully saturated rings. The van der Waals surface area contributed by atoms with E-state index in [4.69, 9.17) is 4.42 Å². The predicted molar refractivity (Wildman–Crippen MR) is 261 cm³/mol. The number of furan rings is 1. The topological polar surface area (TPSA) is 16.4 Å². The van der Waals surface area contributed by atoms with Crippen LogP contribution in [0.15, 0.2) is 229 Å². The molecule has 2 heterocycles. The highest BCUT2D eigenvalue weighted by atomic mass is 32.1. The number of rotatable bonds is 7. The summed E-state index contributed by atoms with van der Waals surface area (Å²) in [6.07, 6.45) is 0. The SMILES string of the molecule is c1ccc(-c2ccc(-c3ccc(N(c4ccc(-c5cccc6oc7c8ccccc8ccc7c56)cc4)c4ccc5sc6ccccc6c5c4)cc3)cc2-c2ccccc2)cc1. The zero-order valence-corrected chi connectivity index (χ0v) is 33.9. The zero-order valence-electron chi connectivity index (χ0n) is 33.1. The fraction of sp³-hybridized carbons (Fsp3) is 0. The third-order valence-corrected chi connectivity index (χ3v) is 13.2. The molecular weight excluding hydrogens is 759 g/mol. The average molecular weight is 796 g/mol. The monoisotopic (exact) mass is 795 g/mol. The van der Waals surface area contributed by atoms with Crippen molar-refractivity contribution in [2.45, 2.75) is 0 Å². The van der Waals surface area contributed by atoms with Gasteiger partial charge in [-0.1, -0.05) is 158 Å². The molecule has 61 heavy (non-hydrogen) atoms. The van der Waals surface area contributed by atoms with E-state index in [1.54, 1.807) is 0 Å². The van der Waals surface area contributed by atoms with Crippen LogP contribution in [0.4, 0.5) is 17.1 Å². The maximum absolute atomic E-state index is 6.55. The van der Waals surface area contributed by atoms with Crippen molar-refractivity contribution in [2.75, 3.05) is 4.90 Å². The molecule has 0 unspecified atom stereocenters. The molecule has 3 heteroatoms. The number of hydrogen-bond acceptors (Lipinski definition) is 3. The Bertz CT molecular complexity index is 3570. The van der Waals surface area contributed by atoms with Crippen LogP contribution < -0.4 is 4.90 Å². The van der Waals surface area contributed by atoms with Gasteiger partial charge >= 0.3 is 0 Å². The van der Waals surface area contributed by atoms with Crippen molar-refractivity contribution in [1.29, 1.82) is 0 Å². The third-order valence-electron chi connectivity index (χ3n) is 12.1. The van der Waals surface area contributed by atoms with Gasteiger partial charge in [-0.05, 0) is 117 Å². The van der Waals surface area contributed by atoms with Crippen LogP contribution in [0.25, 0.3) is 97.4 Å². The number of thiophene rings is 1. The molecule has 0 bridgehead atoms. The normalized spacial score (nSPS) is 11.6. The van der Waals surface area contributed by atoms with Crippen LogP contribution in [-0.2, 0) is 0 Å². The molecule has 0 aliphatic heterocycles. The van der Waals surface area contributed by atoms with Gasteiger partial charge in [-0.25, -0.2) is 0 Å². The molecule has 0 spiro atoms. The Hall–Kier alpha value is -7.72. The van der Waals surface area contributed by atoms with E-state index in [1.165, 1.54) is 58.9 Å². The number of fused-ring (bicyclic) bond motifs is 8. The molecule has 2 aromatic heterocycles. The Morgan fingerprint density at radius 2 is 0.934 bits per heavy atom. The lowest BCUT2D eigenvalue weighted by molar-refractivity contribution is 0.673. The maximum Gasteiger partial charge on any atom is 0.143 e. The lowest BCUT2D eigenvalue weighted by Crippen LogP contribution is -2.09. The van der Waals surface area contributed by atoms with Gasteiger partial charge in [0.2, 0.25) is 0 Å². The minimum atomic E-state index is 0.900. The molecule has 0 radical (unpaired) electrons. The molecule has 286 valence electrons. The lowest BCUT2D eigenvalue weighted by Gasteiger charge is -2.26. The van der Waals surface area contributed by atoms with Crippen molar-refractivity contribution in [3.63, 3.8) is 0 Å². The molecule has 0 amide bonds. The number of hydrogen-bond donors (Lipinski definition) is 0. The standard InChI is InChI=1S/C58H37NOS/c1-3-12-39(13-4-1)47-33-27-43(36-52(47)40-14-5-2-6-15-40)38-22-28-44(29-23-38)59(46-32-35-56-53(37-46)50-18-9-10-21-55(50)61-56)45-30-24-42(25-31-45)48-19-11-20-54-57(48)51-34-26-41-16-7-8-17-49(41)58(51)60-54/h1-37H. The Morgan fingerprint density at radius 3 is 1.70 bits per heavy atom. The van der Waals surface area contributed by atoms with E-state index in [1.807, 2.05) is 11.3 Å². The summed E-state index contributed by atoms with van der Waals surface area (Å²) in [4.78, 5) is 2.38. The van der Waals surface area contributed by atoms with Crippen molar-refractivity contribution in [3.8, 4) is 44.5 Å². The van der Waals surface area contributed by atoms with Gasteiger partial charge in [-0.15, -0.1) is 11.3 Å². The van der Waals surface area contributed by atoms with E-state index in [0.29, 0.717) is 0 Å². The van der Waals surface area contributed by atoms with Gasteiger partial charge in [0.15, 0.2) is 0 Å². The average Bonchev–Trinajstić information content (AvgIpc) is 3.91. The molecule has 0 saturated heterocycles. The molecular formula is C58H37NOS. The van der Waals surface area contributed by atoms with Gasteiger partial charge in [0.05, 0.1) is 0 Å². The van der Waals surface area contributed by atoms with E-state index in [0.717, 1.165) is 55.5 Å². The molecule has 12 rings (SSSR count). The number of benzene rings is 10. The molecule has 0 atom stereocenters. The lowest BCUT2D eigenvalue weighted by atomic mass is 9.91. The molecule has 0 aliphatic carbocycles. The first kappa shape index (κ1) is 35.2. The van der Waals surface area contributed by atoms with Crippen LogP contribution in [0.1, 0.15) is 0 Å². The fourth-order valence-corrected chi connectivity index (χ4v) is 10.2. The van der Waals surface area contributed by atoms with Crippen molar-refractivity contribution in [1.82, 2.24) is 0 Å². The number of anilines is 3. The fourth-order valence-electron chi connectivity index (χ4n) is 9.14. The molecule has 12 aromatic rings. The van der Waals surface area contributed by atoms with E-state index < -0.39 is 0 Å². The highest BCUT2D eigenvalue weighted by molar-refractivity contribution is 7.25. The second-order valence-corrected chi connectivity index (χ2v) is 16.7. The summed E-state index contributed by atoms with van der Waals surface area (Å²) >= 11 is 1.85. The third kappa shape index (κ3) is 6.09. The van der Waals surface area contributed by atoms with E-state index >= 15 is 0 Å². The minimum Gasteiger partial charge on any atom is -0.455 e. The molecule has 0 aliphatic rings. The Labute approximate surface area is 357 Å². The van der Waals surface area contributed by atoms with Crippen molar-refractivity contribution < 1.29 is 4.42 Å². The van der Waals surface area contributed by atoms with Crippen LogP contribution >= 0.6 is 11.3 Å². The van der Waals surface area contributed by atoms with E-state index in [2.05, 4.69) is 229 Å². The quantitative estimate of drug-likeness (QED) is 0.160. The highest BCUT2D eigenvalue weighted by Crippen LogP contribution is 2.44. The second-order valence-electron chi connectivity index (χ2n) is 15.6. The summed E-state index contributed by atoms with van der Waals surface area (Å²) in [5, 5.41) is 7.16. The van der Waals surface area contributed by atoms with Crippen LogP contribution in [0.2, 0.25) is 0 Å². The van der Waals surface area contributed by atoms with Gasteiger partial charge in [0, 0.05) is 53.4 Å². The van der Waals surface area contributed by atoms with E-state index in [9.17, 15) is 0 Å². The first-order chi connectivity index (χ1) is 30.2. The Balaban J connectivity index is 0.965. The summed E-state index contributed by atoms with van der Waals surface area (Å²) in [6.45, 7) is 0. The van der Waals surface area contributed by atoms with Crippen molar-refractivity contribution >= 4 is 81.3 Å². The maximum atomic E-state index is 6.55. The summed E-state index contributed by atoms with van der Waals surface area (Å²) in [7, 11) is 0. The number of nitrogens with zero attached hydrogens (tertiary/aromatic N) is 1. The zero-order chi connectivity index (χ0) is 40.3. The summed E-state index contributed by atoms with van der Waals surface area (Å²) < 4.78 is 9.15. The molecule has 0 N–H and O–H groups in total. The van der Waals surface area contributed by atoms with Crippen molar-refractivity contribution in [2.24, 2.45) is 0 Å². The largest absolute Gasteiger partial charge is 0.455 e. The minimum absolute atomic E-state index is 0.900. The van der Waals surface area contributed by atoms with Crippen LogP contribution in [-0.4, -0.2) is 0 Å². The Morgan fingerprint density at radius 1 is 0.328 bits per heavy atom. The van der Waals surface area contributed by atoms with Crippen molar-refractivity contribution in [3.05, 3.63) is 224 Å². The summed E-state index contributed by atoms with van der Waals surface area (Å²) in [6, 6.07) is 81.1. The summed E-state index contributed by atoms with van der Waals surface area (Å²) in [5.74, 6) is 0. The second kappa shape index (κ2) is 14.5. The van der Waals surface area contributed by atoms with Gasteiger partial charge in [-0.2, -0.15) is 0 Å². The van der Waals surface area contributed by atoms with Gasteiger partial charge in [0.1, 0.15) is 11.2 Å². The molecule has 10 aromatic carbocycles. The first-order valence-corrected chi connectivity index (χ1v) is 21.6. The van der Waals surface area contributed by atoms with Crippen LogP contribution in [0, 0.1) is 0 Å². The summed E-state index contributed by atoms with van der Waals surface area (Å²) in [5.41, 5.74) is 14.7. The van der Waals surface area contributed by atoms with Crippen LogP contribution in [0.5, 0.6) is 0 Å². The van der Waals surface area contributed by atoms with Gasteiger partial charge < -0.3 is 9.32 Å². The van der Waals surface area contributed by atoms with E-state index in [-0.39, 0.29) is 0 Å². The van der Waals surface area contributed by atoms with Gasteiger partial charge in [-0.3, -0.25) is 0 Å². The van der Waals surface area contributed by atoms with Crippen LogP contribution in [0.3, 0.4) is 0 Å².